The molecule has 0 saturated heterocycles. The van der Waals surface area contributed by atoms with Crippen molar-refractivity contribution in [3.05, 3.63) is 89.9 Å². The van der Waals surface area contributed by atoms with E-state index in [1.165, 1.54) is 11.3 Å². The number of rotatable bonds is 5. The Hall–Kier alpha value is -3.01. The number of carbonyl (C=O) groups is 1. The maximum atomic E-state index is 12.4. The molecule has 2 heterocycles. The first kappa shape index (κ1) is 15.5. The molecule has 4 rings (SSSR count). The lowest BCUT2D eigenvalue weighted by Crippen LogP contribution is -2.37. The van der Waals surface area contributed by atoms with Gasteiger partial charge in [-0.1, -0.05) is 36.4 Å². The Balaban J connectivity index is 1.55. The highest BCUT2D eigenvalue weighted by Crippen LogP contribution is 2.34. The van der Waals surface area contributed by atoms with Gasteiger partial charge in [-0.15, -0.1) is 0 Å². The van der Waals surface area contributed by atoms with E-state index in [0.717, 1.165) is 18.7 Å². The first-order valence-corrected chi connectivity index (χ1v) is 8.54. The summed E-state index contributed by atoms with van der Waals surface area (Å²) in [5.41, 5.74) is 3.23. The summed E-state index contributed by atoms with van der Waals surface area (Å²) in [4.78, 5) is 14.7. The Labute approximate surface area is 147 Å². The molecule has 0 aliphatic carbocycles. The Morgan fingerprint density at radius 1 is 1.04 bits per heavy atom. The number of fused-ring (bicyclic) bond motifs is 1. The van der Waals surface area contributed by atoms with Crippen molar-refractivity contribution < 1.29 is 9.21 Å². The molecule has 1 N–H and O–H groups in total. The zero-order valence-corrected chi connectivity index (χ0v) is 13.9. The zero-order valence-electron chi connectivity index (χ0n) is 13.9. The van der Waals surface area contributed by atoms with E-state index in [9.17, 15) is 4.79 Å². The minimum atomic E-state index is -0.0651. The standard InChI is InChI=1S/C21H20N2O2/c24-21(17-8-2-1-3-9-17)22-15-19(20-11-6-14-25-20)23-13-12-16-7-4-5-10-18(16)23/h1-11,14,19H,12-13,15H2,(H,22,24)/t19-/m0/s1. The number of carbonyl (C=O) groups excluding carboxylic acids is 1. The van der Waals surface area contributed by atoms with Crippen LogP contribution >= 0.6 is 0 Å². The molecular weight excluding hydrogens is 312 g/mol. The maximum Gasteiger partial charge on any atom is 0.251 e. The van der Waals surface area contributed by atoms with Crippen LogP contribution in [0.1, 0.15) is 27.7 Å². The van der Waals surface area contributed by atoms with Crippen LogP contribution in [0.4, 0.5) is 5.69 Å². The lowest BCUT2D eigenvalue weighted by Gasteiger charge is -2.29. The van der Waals surface area contributed by atoms with Crippen LogP contribution < -0.4 is 10.2 Å². The fourth-order valence-corrected chi connectivity index (χ4v) is 3.41. The molecule has 0 unspecified atom stereocenters. The second kappa shape index (κ2) is 6.85. The van der Waals surface area contributed by atoms with Crippen molar-refractivity contribution in [3.8, 4) is 0 Å². The molecule has 0 spiro atoms. The third-order valence-corrected chi connectivity index (χ3v) is 4.66. The number of hydrogen-bond acceptors (Lipinski definition) is 3. The number of nitrogens with one attached hydrogen (secondary N) is 1. The van der Waals surface area contributed by atoms with Gasteiger partial charge in [-0.05, 0) is 42.3 Å². The van der Waals surface area contributed by atoms with Crippen molar-refractivity contribution in [1.29, 1.82) is 0 Å². The molecule has 0 bridgehead atoms. The highest BCUT2D eigenvalue weighted by molar-refractivity contribution is 5.94. The molecule has 25 heavy (non-hydrogen) atoms. The molecule has 1 amide bonds. The van der Waals surface area contributed by atoms with Gasteiger partial charge >= 0.3 is 0 Å². The summed E-state index contributed by atoms with van der Waals surface area (Å²) in [7, 11) is 0. The minimum absolute atomic E-state index is 0.0219. The van der Waals surface area contributed by atoms with Crippen LogP contribution in [0, 0.1) is 0 Å². The average molecular weight is 332 g/mol. The van der Waals surface area contributed by atoms with Gasteiger partial charge in [0.05, 0.1) is 6.26 Å². The Morgan fingerprint density at radius 3 is 2.64 bits per heavy atom. The summed E-state index contributed by atoms with van der Waals surface area (Å²) >= 11 is 0. The molecule has 1 aliphatic heterocycles. The minimum Gasteiger partial charge on any atom is -0.467 e. The number of furan rings is 1. The summed E-state index contributed by atoms with van der Waals surface area (Å²) < 4.78 is 5.67. The first-order valence-electron chi connectivity index (χ1n) is 8.54. The summed E-state index contributed by atoms with van der Waals surface area (Å²) in [6.45, 7) is 1.42. The summed E-state index contributed by atoms with van der Waals surface area (Å²) in [5.74, 6) is 0.801. The van der Waals surface area contributed by atoms with E-state index in [0.29, 0.717) is 12.1 Å². The maximum absolute atomic E-state index is 12.4. The number of nitrogens with zero attached hydrogens (tertiary/aromatic N) is 1. The predicted octanol–water partition coefficient (Wildman–Crippen LogP) is 3.81. The molecule has 1 atom stereocenters. The van der Waals surface area contributed by atoms with Crippen LogP contribution in [0.2, 0.25) is 0 Å². The fraction of sp³-hybridized carbons (Fsp3) is 0.190. The quantitative estimate of drug-likeness (QED) is 0.773. The van der Waals surface area contributed by atoms with E-state index in [1.807, 2.05) is 42.5 Å². The van der Waals surface area contributed by atoms with Gasteiger partial charge in [-0.3, -0.25) is 4.79 Å². The van der Waals surface area contributed by atoms with Gasteiger partial charge in [0.15, 0.2) is 0 Å². The SMILES string of the molecule is O=C(NC[C@@H](c1ccco1)N1CCc2ccccc21)c1ccccc1. The molecule has 3 aromatic rings. The molecular formula is C21H20N2O2. The number of para-hydroxylation sites is 1. The first-order chi connectivity index (χ1) is 12.3. The van der Waals surface area contributed by atoms with Gasteiger partial charge < -0.3 is 14.6 Å². The van der Waals surface area contributed by atoms with Crippen molar-refractivity contribution in [2.75, 3.05) is 18.0 Å². The van der Waals surface area contributed by atoms with E-state index >= 15 is 0 Å². The van der Waals surface area contributed by atoms with Crippen LogP contribution in [0.5, 0.6) is 0 Å². The van der Waals surface area contributed by atoms with Gasteiger partial charge in [0.25, 0.3) is 5.91 Å². The van der Waals surface area contributed by atoms with Gasteiger partial charge in [0.1, 0.15) is 11.8 Å². The monoisotopic (exact) mass is 332 g/mol. The molecule has 4 heteroatoms. The summed E-state index contributed by atoms with van der Waals surface area (Å²) in [6.07, 6.45) is 2.70. The molecule has 1 aromatic heterocycles. The van der Waals surface area contributed by atoms with Crippen molar-refractivity contribution in [2.45, 2.75) is 12.5 Å². The highest BCUT2D eigenvalue weighted by atomic mass is 16.3. The number of hydrogen-bond donors (Lipinski definition) is 1. The fourth-order valence-electron chi connectivity index (χ4n) is 3.41. The molecule has 1 aliphatic rings. The number of benzene rings is 2. The van der Waals surface area contributed by atoms with Crippen LogP contribution in [0.3, 0.4) is 0 Å². The Bertz CT molecular complexity index is 843. The van der Waals surface area contributed by atoms with Crippen LogP contribution in [-0.2, 0) is 6.42 Å². The van der Waals surface area contributed by atoms with E-state index in [4.69, 9.17) is 4.42 Å². The zero-order chi connectivity index (χ0) is 17.1. The highest BCUT2D eigenvalue weighted by Gasteiger charge is 2.29. The van der Waals surface area contributed by atoms with Gasteiger partial charge in [-0.25, -0.2) is 0 Å². The smallest absolute Gasteiger partial charge is 0.251 e. The van der Waals surface area contributed by atoms with E-state index < -0.39 is 0 Å². The van der Waals surface area contributed by atoms with E-state index in [2.05, 4.69) is 34.5 Å². The van der Waals surface area contributed by atoms with Gasteiger partial charge in [-0.2, -0.15) is 0 Å². The molecule has 0 fully saturated rings. The summed E-state index contributed by atoms with van der Waals surface area (Å²) in [6, 6.07) is 21.6. The molecule has 0 saturated carbocycles. The van der Waals surface area contributed by atoms with E-state index in [-0.39, 0.29) is 11.9 Å². The van der Waals surface area contributed by atoms with Crippen molar-refractivity contribution in [3.63, 3.8) is 0 Å². The lowest BCUT2D eigenvalue weighted by atomic mass is 10.1. The summed E-state index contributed by atoms with van der Waals surface area (Å²) in [5, 5.41) is 3.05. The normalized spacial score (nSPS) is 14.2. The second-order valence-electron chi connectivity index (χ2n) is 6.18. The van der Waals surface area contributed by atoms with Gasteiger partial charge in [0, 0.05) is 24.3 Å². The number of anilines is 1. The third kappa shape index (κ3) is 3.15. The topological polar surface area (TPSA) is 45.5 Å². The van der Waals surface area contributed by atoms with E-state index in [1.54, 1.807) is 6.26 Å². The lowest BCUT2D eigenvalue weighted by molar-refractivity contribution is 0.0950. The van der Waals surface area contributed by atoms with Crippen LogP contribution in [-0.4, -0.2) is 19.0 Å². The Morgan fingerprint density at radius 2 is 1.84 bits per heavy atom. The third-order valence-electron chi connectivity index (χ3n) is 4.66. The largest absolute Gasteiger partial charge is 0.467 e. The number of amides is 1. The molecule has 0 radical (unpaired) electrons. The predicted molar refractivity (Wildman–Crippen MR) is 97.7 cm³/mol. The van der Waals surface area contributed by atoms with Crippen molar-refractivity contribution in [2.24, 2.45) is 0 Å². The molecule has 4 nitrogen and oxygen atoms in total. The van der Waals surface area contributed by atoms with Crippen molar-refractivity contribution >= 4 is 11.6 Å². The molecule has 126 valence electrons. The Kier molecular flexibility index (Phi) is 4.25. The van der Waals surface area contributed by atoms with Crippen molar-refractivity contribution in [1.82, 2.24) is 5.32 Å². The second-order valence-corrected chi connectivity index (χ2v) is 6.18. The van der Waals surface area contributed by atoms with Gasteiger partial charge in [0.2, 0.25) is 0 Å². The van der Waals surface area contributed by atoms with Crippen LogP contribution in [0.15, 0.2) is 77.4 Å². The molecule has 2 aromatic carbocycles. The van der Waals surface area contributed by atoms with Crippen LogP contribution in [0.25, 0.3) is 0 Å². The average Bonchev–Trinajstić information content (AvgIpc) is 3.33.